The maximum Gasteiger partial charge on any atom is 0.216 e. The average molecular weight is 267 g/mol. The first-order valence-electron chi connectivity index (χ1n) is 7.83. The third-order valence-corrected chi connectivity index (χ3v) is 4.25. The average Bonchev–Trinajstić information content (AvgIpc) is 3.19. The lowest BCUT2D eigenvalue weighted by molar-refractivity contribution is -0.119. The van der Waals surface area contributed by atoms with E-state index in [1.54, 1.807) is 6.92 Å². The Bertz CT molecular complexity index is 283. The molecule has 4 nitrogen and oxygen atoms in total. The lowest BCUT2D eigenvalue weighted by atomic mass is 9.96. The van der Waals surface area contributed by atoms with Gasteiger partial charge in [0.15, 0.2) is 0 Å². The van der Waals surface area contributed by atoms with Gasteiger partial charge in [-0.2, -0.15) is 0 Å². The van der Waals surface area contributed by atoms with Gasteiger partial charge in [0.2, 0.25) is 5.91 Å². The fraction of sp³-hybridized carbons (Fsp3) is 0.933. The SMILES string of the molecule is CC(=O)NCC1CCN(CC(C)CNC2CC2)CC1. The third-order valence-electron chi connectivity index (χ3n) is 4.25. The molecule has 19 heavy (non-hydrogen) atoms. The lowest BCUT2D eigenvalue weighted by Gasteiger charge is -2.33. The zero-order valence-electron chi connectivity index (χ0n) is 12.5. The molecule has 0 aromatic carbocycles. The van der Waals surface area contributed by atoms with Crippen LogP contribution in [0.5, 0.6) is 0 Å². The monoisotopic (exact) mass is 267 g/mol. The van der Waals surface area contributed by atoms with Gasteiger partial charge >= 0.3 is 0 Å². The van der Waals surface area contributed by atoms with Gasteiger partial charge in [-0.15, -0.1) is 0 Å². The molecule has 0 radical (unpaired) electrons. The molecule has 4 heteroatoms. The first kappa shape index (κ1) is 14.8. The summed E-state index contributed by atoms with van der Waals surface area (Å²) >= 11 is 0. The van der Waals surface area contributed by atoms with Crippen molar-refractivity contribution in [1.29, 1.82) is 0 Å². The Hall–Kier alpha value is -0.610. The number of hydrogen-bond donors (Lipinski definition) is 2. The summed E-state index contributed by atoms with van der Waals surface area (Å²) in [5.41, 5.74) is 0. The molecule has 2 fully saturated rings. The molecule has 0 aromatic rings. The van der Waals surface area contributed by atoms with Crippen LogP contribution in [0.15, 0.2) is 0 Å². The van der Waals surface area contributed by atoms with Crippen molar-refractivity contribution in [2.45, 2.75) is 45.6 Å². The minimum absolute atomic E-state index is 0.0993. The molecule has 0 bridgehead atoms. The second-order valence-corrected chi connectivity index (χ2v) is 6.47. The number of likely N-dealkylation sites (tertiary alicyclic amines) is 1. The van der Waals surface area contributed by atoms with Crippen LogP contribution in [-0.2, 0) is 4.79 Å². The predicted molar refractivity (Wildman–Crippen MR) is 78.0 cm³/mol. The van der Waals surface area contributed by atoms with E-state index in [9.17, 15) is 4.79 Å². The summed E-state index contributed by atoms with van der Waals surface area (Å²) in [6.45, 7) is 9.57. The van der Waals surface area contributed by atoms with E-state index in [1.165, 1.54) is 45.3 Å². The Kier molecular flexibility index (Phi) is 5.64. The van der Waals surface area contributed by atoms with Gasteiger partial charge in [-0.25, -0.2) is 0 Å². The van der Waals surface area contributed by atoms with Gasteiger partial charge in [-0.05, 0) is 57.2 Å². The van der Waals surface area contributed by atoms with Crippen LogP contribution in [0.25, 0.3) is 0 Å². The molecule has 1 heterocycles. The molecule has 1 aliphatic carbocycles. The third kappa shape index (κ3) is 5.91. The van der Waals surface area contributed by atoms with Crippen molar-refractivity contribution in [2.24, 2.45) is 11.8 Å². The van der Waals surface area contributed by atoms with Crippen LogP contribution in [0.4, 0.5) is 0 Å². The first-order valence-corrected chi connectivity index (χ1v) is 7.83. The maximum atomic E-state index is 10.9. The Labute approximate surface area is 117 Å². The molecule has 1 saturated carbocycles. The standard InChI is InChI=1S/C15H29N3O/c1-12(9-17-15-3-4-15)11-18-7-5-14(6-8-18)10-16-13(2)19/h12,14-15,17H,3-11H2,1-2H3,(H,16,19). The molecule has 1 unspecified atom stereocenters. The van der Waals surface area contributed by atoms with E-state index in [0.717, 1.165) is 25.0 Å². The summed E-state index contributed by atoms with van der Waals surface area (Å²) < 4.78 is 0. The van der Waals surface area contributed by atoms with Gasteiger partial charge in [-0.1, -0.05) is 6.92 Å². The molecule has 0 spiro atoms. The summed E-state index contributed by atoms with van der Waals surface area (Å²) in [5.74, 6) is 1.52. The summed E-state index contributed by atoms with van der Waals surface area (Å²) in [5, 5.41) is 6.56. The molecule has 2 rings (SSSR count). The maximum absolute atomic E-state index is 10.9. The zero-order valence-corrected chi connectivity index (χ0v) is 12.5. The van der Waals surface area contributed by atoms with Crippen molar-refractivity contribution in [3.05, 3.63) is 0 Å². The van der Waals surface area contributed by atoms with E-state index < -0.39 is 0 Å². The number of carbonyl (C=O) groups is 1. The molecular formula is C15H29N3O. The van der Waals surface area contributed by atoms with Crippen molar-refractivity contribution in [3.8, 4) is 0 Å². The van der Waals surface area contributed by atoms with Crippen LogP contribution in [0.2, 0.25) is 0 Å². The van der Waals surface area contributed by atoms with E-state index in [0.29, 0.717) is 5.92 Å². The van der Waals surface area contributed by atoms with Gasteiger partial charge in [-0.3, -0.25) is 4.79 Å². The molecule has 110 valence electrons. The number of hydrogen-bond acceptors (Lipinski definition) is 3. The lowest BCUT2D eigenvalue weighted by Crippen LogP contribution is -2.41. The predicted octanol–water partition coefficient (Wildman–Crippen LogP) is 1.22. The molecule has 0 aromatic heterocycles. The first-order chi connectivity index (χ1) is 9.13. The minimum atomic E-state index is 0.0993. The van der Waals surface area contributed by atoms with Gasteiger partial charge < -0.3 is 15.5 Å². The Morgan fingerprint density at radius 2 is 1.95 bits per heavy atom. The molecular weight excluding hydrogens is 238 g/mol. The minimum Gasteiger partial charge on any atom is -0.356 e. The summed E-state index contributed by atoms with van der Waals surface area (Å²) in [6, 6.07) is 0.825. The van der Waals surface area contributed by atoms with Crippen LogP contribution in [-0.4, -0.2) is 49.6 Å². The molecule has 2 aliphatic rings. The van der Waals surface area contributed by atoms with Crippen molar-refractivity contribution >= 4 is 5.91 Å². The topological polar surface area (TPSA) is 44.4 Å². The van der Waals surface area contributed by atoms with Gasteiger partial charge in [0.25, 0.3) is 0 Å². The van der Waals surface area contributed by atoms with E-state index in [4.69, 9.17) is 0 Å². The van der Waals surface area contributed by atoms with Crippen LogP contribution in [0, 0.1) is 11.8 Å². The van der Waals surface area contributed by atoms with E-state index >= 15 is 0 Å². The Morgan fingerprint density at radius 1 is 1.26 bits per heavy atom. The van der Waals surface area contributed by atoms with Crippen molar-refractivity contribution in [1.82, 2.24) is 15.5 Å². The molecule has 1 aliphatic heterocycles. The quantitative estimate of drug-likeness (QED) is 0.729. The van der Waals surface area contributed by atoms with Crippen LogP contribution in [0.1, 0.15) is 39.5 Å². The summed E-state index contributed by atoms with van der Waals surface area (Å²) in [4.78, 5) is 13.5. The number of carbonyl (C=O) groups excluding carboxylic acids is 1. The Morgan fingerprint density at radius 3 is 2.53 bits per heavy atom. The number of nitrogens with zero attached hydrogens (tertiary/aromatic N) is 1. The van der Waals surface area contributed by atoms with E-state index in [-0.39, 0.29) is 5.91 Å². The van der Waals surface area contributed by atoms with Crippen LogP contribution < -0.4 is 10.6 Å². The highest BCUT2D eigenvalue weighted by Crippen LogP contribution is 2.20. The highest BCUT2D eigenvalue weighted by Gasteiger charge is 2.23. The van der Waals surface area contributed by atoms with Crippen LogP contribution in [0.3, 0.4) is 0 Å². The highest BCUT2D eigenvalue weighted by atomic mass is 16.1. The second-order valence-electron chi connectivity index (χ2n) is 6.47. The number of amides is 1. The fourth-order valence-electron chi connectivity index (χ4n) is 2.82. The molecule has 1 saturated heterocycles. The Balaban J connectivity index is 1.55. The van der Waals surface area contributed by atoms with Gasteiger partial charge in [0.05, 0.1) is 0 Å². The van der Waals surface area contributed by atoms with Crippen molar-refractivity contribution < 1.29 is 4.79 Å². The highest BCUT2D eigenvalue weighted by molar-refractivity contribution is 5.72. The van der Waals surface area contributed by atoms with E-state index in [2.05, 4.69) is 22.5 Å². The zero-order chi connectivity index (χ0) is 13.7. The van der Waals surface area contributed by atoms with Crippen molar-refractivity contribution in [2.75, 3.05) is 32.7 Å². The summed E-state index contributed by atoms with van der Waals surface area (Å²) in [6.07, 6.45) is 5.20. The van der Waals surface area contributed by atoms with Crippen LogP contribution >= 0.6 is 0 Å². The summed E-state index contributed by atoms with van der Waals surface area (Å²) in [7, 11) is 0. The van der Waals surface area contributed by atoms with E-state index in [1.807, 2.05) is 0 Å². The smallest absolute Gasteiger partial charge is 0.216 e. The normalized spacial score (nSPS) is 23.3. The van der Waals surface area contributed by atoms with Crippen molar-refractivity contribution in [3.63, 3.8) is 0 Å². The van der Waals surface area contributed by atoms with Gasteiger partial charge in [0.1, 0.15) is 0 Å². The molecule has 1 atom stereocenters. The molecule has 1 amide bonds. The second kappa shape index (κ2) is 7.25. The number of piperidine rings is 1. The molecule has 2 N–H and O–H groups in total. The number of nitrogens with one attached hydrogen (secondary N) is 2. The largest absolute Gasteiger partial charge is 0.356 e. The number of rotatable bonds is 7. The van der Waals surface area contributed by atoms with Gasteiger partial charge in [0, 0.05) is 26.1 Å². The fourth-order valence-corrected chi connectivity index (χ4v) is 2.82.